The highest BCUT2D eigenvalue weighted by Crippen LogP contribution is 2.40. The Morgan fingerprint density at radius 3 is 2.39 bits per heavy atom. The summed E-state index contributed by atoms with van der Waals surface area (Å²) in [7, 11) is 1.62. The van der Waals surface area contributed by atoms with Crippen LogP contribution in [-0.4, -0.2) is 39.6 Å². The summed E-state index contributed by atoms with van der Waals surface area (Å²) in [5.74, 6) is 2.97. The SMILES string of the molecule is CCSc1nc(C)nc(SCC)c1NC(=O)Nc1cnc2ccc(Cl)cc2c1-c1ccccc1OC. The second-order valence-corrected chi connectivity index (χ2v) is 10.6. The van der Waals surface area contributed by atoms with Crippen LogP contribution >= 0.6 is 35.1 Å². The summed E-state index contributed by atoms with van der Waals surface area (Å²) >= 11 is 9.47. The first kappa shape index (κ1) is 26.1. The quantitative estimate of drug-likeness (QED) is 0.177. The van der Waals surface area contributed by atoms with Gasteiger partial charge < -0.3 is 15.4 Å². The summed E-state index contributed by atoms with van der Waals surface area (Å²) in [5, 5.41) is 8.83. The van der Waals surface area contributed by atoms with Crippen molar-refractivity contribution in [2.45, 2.75) is 30.8 Å². The molecule has 0 radical (unpaired) electrons. The molecule has 2 heterocycles. The lowest BCUT2D eigenvalue weighted by atomic mass is 9.98. The molecule has 0 unspecified atom stereocenters. The van der Waals surface area contributed by atoms with Crippen LogP contribution in [0.25, 0.3) is 22.0 Å². The van der Waals surface area contributed by atoms with E-state index in [1.165, 1.54) is 0 Å². The molecule has 0 saturated heterocycles. The number of hydrogen-bond donors (Lipinski definition) is 2. The summed E-state index contributed by atoms with van der Waals surface area (Å²) < 4.78 is 5.63. The molecule has 4 rings (SSSR count). The molecule has 36 heavy (non-hydrogen) atoms. The maximum Gasteiger partial charge on any atom is 0.323 e. The molecule has 2 N–H and O–H groups in total. The van der Waals surface area contributed by atoms with Crippen molar-refractivity contribution in [1.82, 2.24) is 15.0 Å². The Kier molecular flexibility index (Phi) is 8.56. The fraction of sp³-hybridized carbons (Fsp3) is 0.231. The largest absolute Gasteiger partial charge is 0.496 e. The number of carbonyl (C=O) groups is 1. The summed E-state index contributed by atoms with van der Waals surface area (Å²) in [6.07, 6.45) is 1.65. The topological polar surface area (TPSA) is 89.0 Å². The van der Waals surface area contributed by atoms with Gasteiger partial charge in [0.1, 0.15) is 27.3 Å². The highest BCUT2D eigenvalue weighted by molar-refractivity contribution is 8.00. The minimum absolute atomic E-state index is 0.419. The number of ether oxygens (including phenoxy) is 1. The van der Waals surface area contributed by atoms with Gasteiger partial charge in [0.25, 0.3) is 0 Å². The van der Waals surface area contributed by atoms with E-state index in [-0.39, 0.29) is 0 Å². The number of hydrogen-bond acceptors (Lipinski definition) is 7. The smallest absolute Gasteiger partial charge is 0.323 e. The molecule has 2 amide bonds. The van der Waals surface area contributed by atoms with Gasteiger partial charge in [0.15, 0.2) is 0 Å². The number of carbonyl (C=O) groups excluding carboxylic acids is 1. The van der Waals surface area contributed by atoms with Crippen LogP contribution in [0.5, 0.6) is 5.75 Å². The van der Waals surface area contributed by atoms with Crippen molar-refractivity contribution in [2.75, 3.05) is 29.2 Å². The van der Waals surface area contributed by atoms with Gasteiger partial charge in [0.05, 0.1) is 24.5 Å². The van der Waals surface area contributed by atoms with Crippen LogP contribution < -0.4 is 15.4 Å². The molecule has 4 aromatic rings. The number of para-hydroxylation sites is 1. The van der Waals surface area contributed by atoms with Crippen LogP contribution in [0, 0.1) is 6.92 Å². The summed E-state index contributed by atoms with van der Waals surface area (Å²) in [6, 6.07) is 12.7. The number of methoxy groups -OCH3 is 1. The number of benzene rings is 2. The number of thioether (sulfide) groups is 2. The van der Waals surface area contributed by atoms with Crippen LogP contribution in [0.3, 0.4) is 0 Å². The third kappa shape index (κ3) is 5.69. The molecule has 0 bridgehead atoms. The zero-order chi connectivity index (χ0) is 25.7. The second-order valence-electron chi connectivity index (χ2n) is 7.61. The lowest BCUT2D eigenvalue weighted by molar-refractivity contribution is 0.262. The van der Waals surface area contributed by atoms with Gasteiger partial charge in [-0.25, -0.2) is 14.8 Å². The Morgan fingerprint density at radius 2 is 1.72 bits per heavy atom. The van der Waals surface area contributed by atoms with E-state index in [4.69, 9.17) is 16.3 Å². The number of halogens is 1. The number of aromatic nitrogens is 3. The summed E-state index contributed by atoms with van der Waals surface area (Å²) in [4.78, 5) is 27.0. The molecule has 0 saturated carbocycles. The Labute approximate surface area is 223 Å². The maximum absolute atomic E-state index is 13.3. The van der Waals surface area contributed by atoms with E-state index in [2.05, 4.69) is 25.6 Å². The maximum atomic E-state index is 13.3. The van der Waals surface area contributed by atoms with Gasteiger partial charge in [-0.15, -0.1) is 23.5 Å². The predicted octanol–water partition coefficient (Wildman–Crippen LogP) is 7.53. The number of fused-ring (bicyclic) bond motifs is 1. The lowest BCUT2D eigenvalue weighted by Crippen LogP contribution is -2.22. The van der Waals surface area contributed by atoms with Crippen LogP contribution in [-0.2, 0) is 0 Å². The van der Waals surface area contributed by atoms with Gasteiger partial charge in [0, 0.05) is 21.5 Å². The Hall–Kier alpha value is -3.01. The minimum atomic E-state index is -0.419. The first-order valence-electron chi connectivity index (χ1n) is 11.4. The minimum Gasteiger partial charge on any atom is -0.496 e. The van der Waals surface area contributed by atoms with Crippen LogP contribution in [0.2, 0.25) is 5.02 Å². The average molecular weight is 540 g/mol. The molecule has 0 spiro atoms. The van der Waals surface area contributed by atoms with E-state index in [0.29, 0.717) is 28.0 Å². The molecule has 0 aliphatic carbocycles. The predicted molar refractivity (Wildman–Crippen MR) is 151 cm³/mol. The number of nitrogens with zero attached hydrogens (tertiary/aromatic N) is 3. The molecule has 2 aromatic carbocycles. The Morgan fingerprint density at radius 1 is 1.03 bits per heavy atom. The zero-order valence-corrected chi connectivity index (χ0v) is 22.8. The molecule has 0 fully saturated rings. The van der Waals surface area contributed by atoms with Gasteiger partial charge in [-0.1, -0.05) is 43.6 Å². The third-order valence-electron chi connectivity index (χ3n) is 5.21. The van der Waals surface area contributed by atoms with Crippen molar-refractivity contribution in [2.24, 2.45) is 0 Å². The van der Waals surface area contributed by atoms with Gasteiger partial charge in [0.2, 0.25) is 0 Å². The standard InChI is InChI=1S/C26H26ClN5O2S2/c1-5-35-24-23(25(36-6-2)30-15(3)29-24)32-26(33)31-20-14-28-19-12-11-16(27)13-18(19)22(20)17-9-7-8-10-21(17)34-4/h7-14H,5-6H2,1-4H3,(H2,31,32,33). The van der Waals surface area contributed by atoms with E-state index < -0.39 is 6.03 Å². The van der Waals surface area contributed by atoms with E-state index >= 15 is 0 Å². The van der Waals surface area contributed by atoms with Gasteiger partial charge in [-0.3, -0.25) is 4.98 Å². The second kappa shape index (κ2) is 11.8. The number of rotatable bonds is 8. The first-order valence-corrected chi connectivity index (χ1v) is 13.7. The molecule has 0 aliphatic heterocycles. The average Bonchev–Trinajstić information content (AvgIpc) is 2.86. The molecule has 0 aliphatic rings. The molecule has 7 nitrogen and oxygen atoms in total. The van der Waals surface area contributed by atoms with Crippen molar-refractivity contribution >= 4 is 63.4 Å². The van der Waals surface area contributed by atoms with Crippen LogP contribution in [0.1, 0.15) is 19.7 Å². The molecule has 0 atom stereocenters. The summed E-state index contributed by atoms with van der Waals surface area (Å²) in [5.41, 5.74) is 3.46. The third-order valence-corrected chi connectivity index (χ3v) is 7.16. The number of anilines is 2. The first-order chi connectivity index (χ1) is 17.4. The highest BCUT2D eigenvalue weighted by Gasteiger charge is 2.20. The van der Waals surface area contributed by atoms with Crippen LogP contribution in [0.4, 0.5) is 16.2 Å². The number of aryl methyl sites for hydroxylation is 1. The molecule has 2 aromatic heterocycles. The van der Waals surface area contributed by atoms with E-state index in [9.17, 15) is 4.79 Å². The Bertz CT molecular complexity index is 1390. The molecule has 186 valence electrons. The summed E-state index contributed by atoms with van der Waals surface area (Å²) in [6.45, 7) is 5.95. The number of nitrogens with one attached hydrogen (secondary N) is 2. The zero-order valence-electron chi connectivity index (χ0n) is 20.4. The number of pyridine rings is 1. The Balaban J connectivity index is 1.78. The number of urea groups is 1. The normalized spacial score (nSPS) is 10.9. The van der Waals surface area contributed by atoms with Crippen molar-refractivity contribution in [1.29, 1.82) is 0 Å². The molecule has 10 heteroatoms. The van der Waals surface area contributed by atoms with E-state index in [0.717, 1.165) is 43.6 Å². The van der Waals surface area contributed by atoms with Crippen molar-refractivity contribution < 1.29 is 9.53 Å². The molecular formula is C26H26ClN5O2S2. The van der Waals surface area contributed by atoms with E-state index in [1.807, 2.05) is 57.2 Å². The van der Waals surface area contributed by atoms with Gasteiger partial charge in [-0.2, -0.15) is 0 Å². The van der Waals surface area contributed by atoms with Crippen LogP contribution in [0.15, 0.2) is 58.7 Å². The van der Waals surface area contributed by atoms with Crippen molar-refractivity contribution in [3.63, 3.8) is 0 Å². The van der Waals surface area contributed by atoms with Gasteiger partial charge in [-0.05, 0) is 42.7 Å². The van der Waals surface area contributed by atoms with Crippen molar-refractivity contribution in [3.8, 4) is 16.9 Å². The van der Waals surface area contributed by atoms with E-state index in [1.54, 1.807) is 42.9 Å². The molecular weight excluding hydrogens is 514 g/mol. The fourth-order valence-corrected chi connectivity index (χ4v) is 5.54. The lowest BCUT2D eigenvalue weighted by Gasteiger charge is -2.18. The highest BCUT2D eigenvalue weighted by atomic mass is 35.5. The number of amides is 2. The fourth-order valence-electron chi connectivity index (χ4n) is 3.78. The monoisotopic (exact) mass is 539 g/mol. The van der Waals surface area contributed by atoms with Gasteiger partial charge >= 0.3 is 6.03 Å². The van der Waals surface area contributed by atoms with Crippen molar-refractivity contribution in [3.05, 3.63) is 59.5 Å².